The van der Waals surface area contributed by atoms with Gasteiger partial charge in [0.2, 0.25) is 10.0 Å². The number of ether oxygens (including phenoxy) is 1. The van der Waals surface area contributed by atoms with Crippen molar-refractivity contribution in [3.05, 3.63) is 64.9 Å². The number of halogens is 2. The molecule has 2 aromatic rings. The van der Waals surface area contributed by atoms with Gasteiger partial charge in [-0.15, -0.1) is 0 Å². The van der Waals surface area contributed by atoms with E-state index in [1.54, 1.807) is 0 Å². The first kappa shape index (κ1) is 20.0. The summed E-state index contributed by atoms with van der Waals surface area (Å²) < 4.78 is 44.2. The highest BCUT2D eigenvalue weighted by molar-refractivity contribution is 7.89. The van der Waals surface area contributed by atoms with Crippen molar-refractivity contribution in [1.29, 1.82) is 0 Å². The summed E-state index contributed by atoms with van der Waals surface area (Å²) >= 11 is 5.71. The minimum absolute atomic E-state index is 0.0658. The van der Waals surface area contributed by atoms with Crippen molar-refractivity contribution in [3.8, 4) is 0 Å². The summed E-state index contributed by atoms with van der Waals surface area (Å²) in [5.41, 5.74) is 0.175. The molecule has 2 aromatic carbocycles. The van der Waals surface area contributed by atoms with E-state index in [1.807, 2.05) is 0 Å². The van der Waals surface area contributed by atoms with Crippen LogP contribution in [0.3, 0.4) is 0 Å². The molecule has 6 nitrogen and oxygen atoms in total. The van der Waals surface area contributed by atoms with Crippen molar-refractivity contribution < 1.29 is 27.1 Å². The van der Waals surface area contributed by atoms with Gasteiger partial charge in [-0.25, -0.2) is 12.8 Å². The molecule has 0 aliphatic rings. The number of rotatable bonds is 7. The summed E-state index contributed by atoms with van der Waals surface area (Å²) in [6, 6.07) is 8.92. The number of benzene rings is 2. The largest absolute Gasteiger partial charge is 0.456 e. The van der Waals surface area contributed by atoms with E-state index in [-0.39, 0.29) is 10.5 Å². The van der Waals surface area contributed by atoms with Crippen LogP contribution in [-0.2, 0) is 19.6 Å². The Kier molecular flexibility index (Phi) is 6.47. The molecular weight excluding hydrogens is 385 g/mol. The van der Waals surface area contributed by atoms with Crippen molar-refractivity contribution in [1.82, 2.24) is 4.72 Å². The smallest absolute Gasteiger partial charge is 0.324 e. The second-order valence-electron chi connectivity index (χ2n) is 5.33. The third kappa shape index (κ3) is 5.35. The Hall–Kier alpha value is -2.29. The molecule has 138 valence electrons. The van der Waals surface area contributed by atoms with Crippen molar-refractivity contribution in [2.45, 2.75) is 17.9 Å². The Morgan fingerprint density at radius 1 is 1.12 bits per heavy atom. The summed E-state index contributed by atoms with van der Waals surface area (Å²) in [7, 11) is -3.95. The molecule has 0 aromatic heterocycles. The maximum atomic E-state index is 12.8. The molecule has 0 saturated heterocycles. The average Bonchev–Trinajstić information content (AvgIpc) is 2.60. The van der Waals surface area contributed by atoms with Gasteiger partial charge in [0.05, 0.1) is 4.90 Å². The third-order valence-corrected chi connectivity index (χ3v) is 5.13. The molecule has 1 atom stereocenters. The minimum atomic E-state index is -3.95. The molecule has 9 heteroatoms. The van der Waals surface area contributed by atoms with Crippen LogP contribution in [0.5, 0.6) is 0 Å². The molecule has 26 heavy (non-hydrogen) atoms. The van der Waals surface area contributed by atoms with Gasteiger partial charge in [-0.3, -0.25) is 9.59 Å². The van der Waals surface area contributed by atoms with Gasteiger partial charge in [-0.2, -0.15) is 4.72 Å². The molecule has 0 aliphatic heterocycles. The lowest BCUT2D eigenvalue weighted by atomic mass is 10.1. The minimum Gasteiger partial charge on any atom is -0.456 e. The summed E-state index contributed by atoms with van der Waals surface area (Å²) in [6.07, 6.45) is 0. The van der Waals surface area contributed by atoms with E-state index in [0.717, 1.165) is 12.1 Å². The lowest BCUT2D eigenvalue weighted by molar-refractivity contribution is -0.144. The lowest BCUT2D eigenvalue weighted by Crippen LogP contribution is -2.40. The zero-order valence-electron chi connectivity index (χ0n) is 13.6. The standard InChI is InChI=1S/C17H15ClFNO5S/c1-11(20-26(23,24)15-8-4-13(18)5-9-15)17(22)25-10-16(21)12-2-6-14(19)7-3-12/h2-9,11,20H,10H2,1H3/t11-/m0/s1. The quantitative estimate of drug-likeness (QED) is 0.571. The summed E-state index contributed by atoms with van der Waals surface area (Å²) in [4.78, 5) is 23.7. The van der Waals surface area contributed by atoms with E-state index in [4.69, 9.17) is 16.3 Å². The number of carbonyl (C=O) groups excluding carboxylic acids is 2. The van der Waals surface area contributed by atoms with Crippen LogP contribution < -0.4 is 4.72 Å². The van der Waals surface area contributed by atoms with Crippen LogP contribution in [0.25, 0.3) is 0 Å². The molecule has 0 radical (unpaired) electrons. The molecule has 1 N–H and O–H groups in total. The number of Topliss-reactive ketones (excluding diaryl/α,β-unsaturated/α-hetero) is 1. The number of hydrogen-bond acceptors (Lipinski definition) is 5. The highest BCUT2D eigenvalue weighted by Crippen LogP contribution is 2.14. The molecule has 0 unspecified atom stereocenters. The SMILES string of the molecule is C[C@H](NS(=O)(=O)c1ccc(Cl)cc1)C(=O)OCC(=O)c1ccc(F)cc1. The Labute approximate surface area is 155 Å². The highest BCUT2D eigenvalue weighted by atomic mass is 35.5. The number of esters is 1. The van der Waals surface area contributed by atoms with E-state index in [1.165, 1.54) is 43.3 Å². The highest BCUT2D eigenvalue weighted by Gasteiger charge is 2.23. The van der Waals surface area contributed by atoms with Gasteiger partial charge >= 0.3 is 5.97 Å². The van der Waals surface area contributed by atoms with Crippen LogP contribution in [0.4, 0.5) is 4.39 Å². The van der Waals surface area contributed by atoms with Gasteiger partial charge < -0.3 is 4.74 Å². The molecule has 0 spiro atoms. The predicted molar refractivity (Wildman–Crippen MR) is 92.9 cm³/mol. The van der Waals surface area contributed by atoms with Gasteiger partial charge in [0.1, 0.15) is 11.9 Å². The first-order chi connectivity index (χ1) is 12.2. The van der Waals surface area contributed by atoms with Crippen LogP contribution in [0.15, 0.2) is 53.4 Å². The van der Waals surface area contributed by atoms with Crippen molar-refractivity contribution >= 4 is 33.4 Å². The monoisotopic (exact) mass is 399 g/mol. The zero-order valence-corrected chi connectivity index (χ0v) is 15.2. The fourth-order valence-electron chi connectivity index (χ4n) is 1.94. The van der Waals surface area contributed by atoms with Gasteiger partial charge in [0.15, 0.2) is 12.4 Å². The van der Waals surface area contributed by atoms with Crippen molar-refractivity contribution in [2.75, 3.05) is 6.61 Å². The third-order valence-electron chi connectivity index (χ3n) is 3.32. The van der Waals surface area contributed by atoms with E-state index in [0.29, 0.717) is 5.02 Å². The van der Waals surface area contributed by atoms with Crippen LogP contribution in [-0.4, -0.2) is 32.8 Å². The number of ketones is 1. The van der Waals surface area contributed by atoms with Crippen LogP contribution in [0, 0.1) is 5.82 Å². The molecule has 0 aliphatic carbocycles. The number of hydrogen-bond donors (Lipinski definition) is 1. The average molecular weight is 400 g/mol. The fraction of sp³-hybridized carbons (Fsp3) is 0.176. The van der Waals surface area contributed by atoms with Gasteiger partial charge in [0, 0.05) is 10.6 Å². The molecule has 0 saturated carbocycles. The van der Waals surface area contributed by atoms with E-state index in [2.05, 4.69) is 4.72 Å². The summed E-state index contributed by atoms with van der Waals surface area (Å²) in [5, 5.41) is 0.371. The van der Waals surface area contributed by atoms with Crippen LogP contribution >= 0.6 is 11.6 Å². The van der Waals surface area contributed by atoms with Gasteiger partial charge in [-0.1, -0.05) is 11.6 Å². The van der Waals surface area contributed by atoms with Crippen molar-refractivity contribution in [2.24, 2.45) is 0 Å². The first-order valence-corrected chi connectivity index (χ1v) is 9.28. The normalized spacial score (nSPS) is 12.4. The Morgan fingerprint density at radius 3 is 2.27 bits per heavy atom. The zero-order chi connectivity index (χ0) is 19.3. The molecule has 0 fully saturated rings. The van der Waals surface area contributed by atoms with Gasteiger partial charge in [-0.05, 0) is 55.5 Å². The van der Waals surface area contributed by atoms with Crippen LogP contribution in [0.2, 0.25) is 5.02 Å². The van der Waals surface area contributed by atoms with E-state index in [9.17, 15) is 22.4 Å². The Balaban J connectivity index is 1.93. The van der Waals surface area contributed by atoms with Crippen molar-refractivity contribution in [3.63, 3.8) is 0 Å². The topological polar surface area (TPSA) is 89.5 Å². The molecule has 0 heterocycles. The Morgan fingerprint density at radius 2 is 1.69 bits per heavy atom. The lowest BCUT2D eigenvalue weighted by Gasteiger charge is -2.13. The number of sulfonamides is 1. The van der Waals surface area contributed by atoms with Gasteiger partial charge in [0.25, 0.3) is 0 Å². The molecule has 2 rings (SSSR count). The second-order valence-corrected chi connectivity index (χ2v) is 7.49. The second kappa shape index (κ2) is 8.39. The van der Waals surface area contributed by atoms with Crippen LogP contribution in [0.1, 0.15) is 17.3 Å². The number of carbonyl (C=O) groups is 2. The predicted octanol–water partition coefficient (Wildman–Crippen LogP) is 2.57. The maximum Gasteiger partial charge on any atom is 0.324 e. The molecule has 0 amide bonds. The Bertz CT molecular complexity index is 898. The first-order valence-electron chi connectivity index (χ1n) is 7.42. The number of nitrogens with one attached hydrogen (secondary N) is 1. The maximum absolute atomic E-state index is 12.8. The van der Waals surface area contributed by atoms with E-state index < -0.39 is 40.2 Å². The summed E-state index contributed by atoms with van der Waals surface area (Å²) in [5.74, 6) is -1.95. The molecule has 0 bridgehead atoms. The molecular formula is C17H15ClFNO5S. The fourth-order valence-corrected chi connectivity index (χ4v) is 3.26. The van der Waals surface area contributed by atoms with E-state index >= 15 is 0 Å². The summed E-state index contributed by atoms with van der Waals surface area (Å²) in [6.45, 7) is 0.704.